The summed E-state index contributed by atoms with van der Waals surface area (Å²) < 4.78 is 66.0. The van der Waals surface area contributed by atoms with Crippen molar-refractivity contribution in [3.8, 4) is 0 Å². The highest BCUT2D eigenvalue weighted by Gasteiger charge is 2.48. The smallest absolute Gasteiger partial charge is 0.351 e. The molecule has 1 saturated carbocycles. The largest absolute Gasteiger partial charge is 0.389 e. The summed E-state index contributed by atoms with van der Waals surface area (Å²) in [6.07, 6.45) is -2.12. The number of aliphatic imine (C=N–C) groups is 1. The van der Waals surface area contributed by atoms with E-state index in [2.05, 4.69) is 5.32 Å². The first-order valence-corrected chi connectivity index (χ1v) is 15.3. The first-order valence-electron chi connectivity index (χ1n) is 13.7. The Labute approximate surface area is 233 Å². The summed E-state index contributed by atoms with van der Waals surface area (Å²) in [5.41, 5.74) is 7.62. The summed E-state index contributed by atoms with van der Waals surface area (Å²) in [5.74, 6) is -0.255. The monoisotopic (exact) mass is 585 g/mol. The molecule has 4 rings (SSSR count). The van der Waals surface area contributed by atoms with Crippen LogP contribution >= 0.6 is 0 Å². The molecule has 13 heteroatoms. The van der Waals surface area contributed by atoms with Gasteiger partial charge in [-0.1, -0.05) is 0 Å². The van der Waals surface area contributed by atoms with Crippen LogP contribution in [-0.4, -0.2) is 68.1 Å². The van der Waals surface area contributed by atoms with E-state index in [4.69, 9.17) is 10.7 Å². The van der Waals surface area contributed by atoms with Crippen LogP contribution in [-0.2, 0) is 21.2 Å². The number of piperidine rings is 1. The number of aryl methyl sites for hydroxylation is 2. The number of amides is 3. The second kappa shape index (κ2) is 11.3. The van der Waals surface area contributed by atoms with Crippen molar-refractivity contribution in [3.05, 3.63) is 28.8 Å². The SMILES string of the molecule is Cc1cc(N(C)C(N)=O)cc(C)c1CCS(=O)(=O)N1CCC2(CC1)N=C(C1CCC(CC(F)(F)F)CC1)NC2=O. The number of nitrogens with two attached hydrogens (primary N) is 1. The average molecular weight is 586 g/mol. The fourth-order valence-electron chi connectivity index (χ4n) is 6.22. The van der Waals surface area contributed by atoms with E-state index in [-0.39, 0.29) is 43.5 Å². The molecule has 1 aliphatic carbocycles. The summed E-state index contributed by atoms with van der Waals surface area (Å²) >= 11 is 0. The Bertz CT molecular complexity index is 1260. The number of benzene rings is 1. The van der Waals surface area contributed by atoms with Crippen molar-refractivity contribution in [1.82, 2.24) is 9.62 Å². The Kier molecular flexibility index (Phi) is 8.56. The Morgan fingerprint density at radius 1 is 1.15 bits per heavy atom. The van der Waals surface area contributed by atoms with Gasteiger partial charge in [0.25, 0.3) is 5.91 Å². The number of amidine groups is 1. The molecular weight excluding hydrogens is 547 g/mol. The van der Waals surface area contributed by atoms with E-state index in [1.807, 2.05) is 13.8 Å². The van der Waals surface area contributed by atoms with Gasteiger partial charge in [-0.2, -0.15) is 13.2 Å². The molecule has 1 aromatic carbocycles. The van der Waals surface area contributed by atoms with Crippen LogP contribution in [0.5, 0.6) is 0 Å². The first-order chi connectivity index (χ1) is 18.6. The number of nitrogens with zero attached hydrogens (tertiary/aromatic N) is 3. The average Bonchev–Trinajstić information content (AvgIpc) is 3.17. The van der Waals surface area contributed by atoms with Crippen molar-refractivity contribution in [1.29, 1.82) is 0 Å². The highest BCUT2D eigenvalue weighted by molar-refractivity contribution is 7.89. The van der Waals surface area contributed by atoms with Gasteiger partial charge in [-0.05, 0) is 93.5 Å². The van der Waals surface area contributed by atoms with Crippen molar-refractivity contribution >= 4 is 33.5 Å². The standard InChI is InChI=1S/C27H38F3N5O4S/c1-17-14-21(34(3)25(31)37)15-18(2)22(17)8-13-40(38,39)35-11-9-26(10-12-35)24(36)32-23(33-26)20-6-4-19(5-7-20)16-27(28,29)30/h14-15,19-20H,4-13,16H2,1-3H3,(H2,31,37)(H,32,33,36). The normalized spacial score (nSPS) is 23.6. The lowest BCUT2D eigenvalue weighted by Gasteiger charge is -2.35. The van der Waals surface area contributed by atoms with Crippen LogP contribution in [0, 0.1) is 25.7 Å². The number of urea groups is 1. The second-order valence-corrected chi connectivity index (χ2v) is 13.5. The molecule has 0 radical (unpaired) electrons. The summed E-state index contributed by atoms with van der Waals surface area (Å²) in [6.45, 7) is 4.08. The predicted octanol–water partition coefficient (Wildman–Crippen LogP) is 3.81. The van der Waals surface area contributed by atoms with Gasteiger partial charge in [-0.25, -0.2) is 17.5 Å². The lowest BCUT2D eigenvalue weighted by molar-refractivity contribution is -0.146. The molecule has 2 fully saturated rings. The maximum absolute atomic E-state index is 13.2. The van der Waals surface area contributed by atoms with Crippen LogP contribution < -0.4 is 16.0 Å². The van der Waals surface area contributed by atoms with Crippen molar-refractivity contribution in [2.45, 2.75) is 76.9 Å². The van der Waals surface area contributed by atoms with E-state index in [1.54, 1.807) is 19.2 Å². The molecule has 1 aromatic rings. The number of hydrogen-bond acceptors (Lipinski definition) is 5. The Morgan fingerprint density at radius 3 is 2.25 bits per heavy atom. The summed E-state index contributed by atoms with van der Waals surface area (Å²) in [7, 11) is -2.02. The number of carbonyl (C=O) groups excluding carboxylic acids is 2. The molecule has 0 aromatic heterocycles. The Balaban J connectivity index is 1.35. The summed E-state index contributed by atoms with van der Waals surface area (Å²) in [4.78, 5) is 30.5. The number of rotatable bonds is 7. The number of sulfonamides is 1. The number of anilines is 1. The third kappa shape index (κ3) is 6.62. The number of carbonyl (C=O) groups is 2. The lowest BCUT2D eigenvalue weighted by Crippen LogP contribution is -2.51. The maximum Gasteiger partial charge on any atom is 0.389 e. The lowest BCUT2D eigenvalue weighted by atomic mass is 9.80. The predicted molar refractivity (Wildman–Crippen MR) is 147 cm³/mol. The van der Waals surface area contributed by atoms with Gasteiger partial charge in [0.2, 0.25) is 10.0 Å². The third-order valence-electron chi connectivity index (χ3n) is 8.70. The molecule has 0 atom stereocenters. The summed E-state index contributed by atoms with van der Waals surface area (Å²) in [5, 5.41) is 2.87. The topological polar surface area (TPSA) is 125 Å². The fraction of sp³-hybridized carbons (Fsp3) is 0.667. The highest BCUT2D eigenvalue weighted by Crippen LogP contribution is 2.39. The molecule has 222 valence electrons. The van der Waals surface area contributed by atoms with E-state index in [1.165, 1.54) is 9.21 Å². The van der Waals surface area contributed by atoms with Gasteiger partial charge >= 0.3 is 12.2 Å². The highest BCUT2D eigenvalue weighted by atomic mass is 32.2. The molecule has 1 saturated heterocycles. The fourth-order valence-corrected chi connectivity index (χ4v) is 7.68. The van der Waals surface area contributed by atoms with Crippen LogP contribution in [0.2, 0.25) is 0 Å². The molecule has 2 heterocycles. The van der Waals surface area contributed by atoms with E-state index >= 15 is 0 Å². The van der Waals surface area contributed by atoms with Crippen molar-refractivity contribution in [2.75, 3.05) is 30.8 Å². The number of nitrogens with one attached hydrogen (secondary N) is 1. The zero-order valence-electron chi connectivity index (χ0n) is 23.2. The van der Waals surface area contributed by atoms with Crippen molar-refractivity contribution in [2.24, 2.45) is 22.6 Å². The van der Waals surface area contributed by atoms with E-state index in [0.717, 1.165) is 16.7 Å². The number of alkyl halides is 3. The van der Waals surface area contributed by atoms with Gasteiger partial charge in [0.1, 0.15) is 11.4 Å². The van der Waals surface area contributed by atoms with Gasteiger partial charge in [-0.3, -0.25) is 14.7 Å². The van der Waals surface area contributed by atoms with Gasteiger partial charge in [0.15, 0.2) is 0 Å². The van der Waals surface area contributed by atoms with Crippen LogP contribution in [0.15, 0.2) is 17.1 Å². The second-order valence-electron chi connectivity index (χ2n) is 11.4. The molecule has 9 nitrogen and oxygen atoms in total. The van der Waals surface area contributed by atoms with E-state index in [9.17, 15) is 31.2 Å². The number of primary amides is 1. The molecule has 3 amide bonds. The van der Waals surface area contributed by atoms with Gasteiger partial charge in [-0.15, -0.1) is 0 Å². The maximum atomic E-state index is 13.2. The first kappa shape index (κ1) is 30.3. The van der Waals surface area contributed by atoms with Crippen LogP contribution in [0.25, 0.3) is 0 Å². The quantitative estimate of drug-likeness (QED) is 0.505. The van der Waals surface area contributed by atoms with Gasteiger partial charge in [0.05, 0.1) is 5.75 Å². The minimum Gasteiger partial charge on any atom is -0.351 e. The minimum absolute atomic E-state index is 0.0739. The minimum atomic E-state index is -4.17. The van der Waals surface area contributed by atoms with Crippen LogP contribution in [0.4, 0.5) is 23.7 Å². The number of hydrogen-bond donors (Lipinski definition) is 2. The van der Waals surface area contributed by atoms with E-state index < -0.39 is 40.1 Å². The molecule has 2 aliphatic heterocycles. The molecule has 40 heavy (non-hydrogen) atoms. The van der Waals surface area contributed by atoms with Crippen molar-refractivity contribution < 1.29 is 31.2 Å². The zero-order chi connectivity index (χ0) is 29.5. The number of halogens is 3. The Hall–Kier alpha value is -2.67. The molecule has 3 N–H and O–H groups in total. The van der Waals surface area contributed by atoms with E-state index in [0.29, 0.717) is 43.6 Å². The molecular formula is C27H38F3N5O4S. The zero-order valence-corrected chi connectivity index (χ0v) is 24.0. The van der Waals surface area contributed by atoms with Crippen LogP contribution in [0.1, 0.15) is 61.6 Å². The Morgan fingerprint density at radius 2 is 1.73 bits per heavy atom. The molecule has 1 spiro atoms. The molecule has 0 unspecified atom stereocenters. The molecule has 3 aliphatic rings. The van der Waals surface area contributed by atoms with Gasteiger partial charge < -0.3 is 11.1 Å². The third-order valence-corrected chi connectivity index (χ3v) is 10.6. The molecule has 0 bridgehead atoms. The summed E-state index contributed by atoms with van der Waals surface area (Å²) in [6, 6.07) is 3.03. The van der Waals surface area contributed by atoms with Crippen LogP contribution in [0.3, 0.4) is 0 Å². The van der Waals surface area contributed by atoms with Gasteiger partial charge in [0, 0.05) is 38.2 Å². The van der Waals surface area contributed by atoms with Crippen molar-refractivity contribution in [3.63, 3.8) is 0 Å².